The number of ether oxygens (including phenoxy) is 1. The highest BCUT2D eigenvalue weighted by Crippen LogP contribution is 2.13. The Labute approximate surface area is 129 Å². The summed E-state index contributed by atoms with van der Waals surface area (Å²) in [5.74, 6) is -0.665. The summed E-state index contributed by atoms with van der Waals surface area (Å²) in [5, 5.41) is 4.37. The van der Waals surface area contributed by atoms with E-state index >= 15 is 0 Å². The van der Waals surface area contributed by atoms with Crippen molar-refractivity contribution < 1.29 is 14.3 Å². The van der Waals surface area contributed by atoms with Gasteiger partial charge in [0.2, 0.25) is 5.91 Å². The number of rotatable bonds is 5. The Balaban J connectivity index is 2.74. The van der Waals surface area contributed by atoms with Gasteiger partial charge in [0.25, 0.3) is 0 Å². The third-order valence-electron chi connectivity index (χ3n) is 2.55. The largest absolute Gasteiger partial charge is 0.466 e. The van der Waals surface area contributed by atoms with Crippen molar-refractivity contribution >= 4 is 34.9 Å². The van der Waals surface area contributed by atoms with Crippen molar-refractivity contribution in [2.45, 2.75) is 19.8 Å². The molecule has 0 unspecified atom stereocenters. The summed E-state index contributed by atoms with van der Waals surface area (Å²) in [6, 6.07) is 9.01. The van der Waals surface area contributed by atoms with Gasteiger partial charge in [-0.2, -0.15) is 0 Å². The van der Waals surface area contributed by atoms with Crippen molar-refractivity contribution in [2.24, 2.45) is 0 Å². The van der Waals surface area contributed by atoms with Crippen LogP contribution in [0.15, 0.2) is 30.3 Å². The predicted molar refractivity (Wildman–Crippen MR) is 84.6 cm³/mol. The molecule has 0 fully saturated rings. The Hall–Kier alpha value is -2.15. The maximum atomic E-state index is 12.3. The average Bonchev–Trinajstić information content (AvgIpc) is 2.51. The Morgan fingerprint density at radius 1 is 1.24 bits per heavy atom. The van der Waals surface area contributed by atoms with Crippen LogP contribution < -0.4 is 15.8 Å². The number of anilines is 1. The molecule has 0 aliphatic carbocycles. The smallest absolute Gasteiger partial charge is 0.306 e. The van der Waals surface area contributed by atoms with Crippen molar-refractivity contribution in [2.75, 3.05) is 18.7 Å². The van der Waals surface area contributed by atoms with Crippen LogP contribution in [0.2, 0.25) is 0 Å². The molecule has 0 atom stereocenters. The minimum absolute atomic E-state index is 0.0317. The summed E-state index contributed by atoms with van der Waals surface area (Å²) >= 11 is 5.02. The molecule has 1 rings (SSSR count). The molecule has 0 aliphatic rings. The third kappa shape index (κ3) is 5.78. The molecule has 2 N–H and O–H groups in total. The normalized spacial score (nSPS) is 9.62. The molecule has 0 spiro atoms. The summed E-state index contributed by atoms with van der Waals surface area (Å²) in [7, 11) is 1.65. The van der Waals surface area contributed by atoms with E-state index in [1.54, 1.807) is 26.1 Å². The molecule has 0 saturated heterocycles. The van der Waals surface area contributed by atoms with Crippen LogP contribution >= 0.6 is 12.2 Å². The van der Waals surface area contributed by atoms with Gasteiger partial charge in [0, 0.05) is 13.5 Å². The molecule has 0 heterocycles. The summed E-state index contributed by atoms with van der Waals surface area (Å²) in [5.41, 5.74) is 3.43. The second kappa shape index (κ2) is 8.91. The molecule has 0 aromatic heterocycles. The molecule has 0 bridgehead atoms. The number of carbonyl (C=O) groups excluding carboxylic acids is 2. The van der Waals surface area contributed by atoms with Crippen LogP contribution in [0.3, 0.4) is 0 Å². The van der Waals surface area contributed by atoms with E-state index < -0.39 is 5.97 Å². The summed E-state index contributed by atoms with van der Waals surface area (Å²) in [4.78, 5) is 23.6. The van der Waals surface area contributed by atoms with Crippen LogP contribution in [0.1, 0.15) is 19.8 Å². The lowest BCUT2D eigenvalue weighted by Crippen LogP contribution is -2.49. The molecule has 0 radical (unpaired) electrons. The number of benzene rings is 1. The van der Waals surface area contributed by atoms with Crippen LogP contribution in [0.25, 0.3) is 0 Å². The van der Waals surface area contributed by atoms with Gasteiger partial charge in [0.15, 0.2) is 5.11 Å². The number of hydrogen-bond acceptors (Lipinski definition) is 4. The van der Waals surface area contributed by atoms with Gasteiger partial charge >= 0.3 is 5.97 Å². The van der Waals surface area contributed by atoms with E-state index in [0.717, 1.165) is 0 Å². The van der Waals surface area contributed by atoms with Gasteiger partial charge in [-0.05, 0) is 31.3 Å². The molecule has 1 aromatic carbocycles. The fraction of sp³-hybridized carbons (Fsp3) is 0.357. The van der Waals surface area contributed by atoms with E-state index in [-0.39, 0.29) is 18.7 Å². The second-order valence-electron chi connectivity index (χ2n) is 4.06. The lowest BCUT2D eigenvalue weighted by Gasteiger charge is -2.24. The first-order valence-electron chi connectivity index (χ1n) is 6.60. The van der Waals surface area contributed by atoms with Gasteiger partial charge < -0.3 is 10.1 Å². The van der Waals surface area contributed by atoms with E-state index in [2.05, 4.69) is 10.7 Å². The van der Waals surface area contributed by atoms with Gasteiger partial charge in [-0.3, -0.25) is 15.0 Å². The van der Waals surface area contributed by atoms with Gasteiger partial charge in [-0.15, -0.1) is 0 Å². The highest BCUT2D eigenvalue weighted by atomic mass is 32.1. The molecule has 114 valence electrons. The van der Waals surface area contributed by atoms with Crippen LogP contribution in [-0.4, -0.2) is 30.6 Å². The molecular weight excluding hydrogens is 290 g/mol. The highest BCUT2D eigenvalue weighted by Gasteiger charge is 2.18. The molecule has 0 aliphatic heterocycles. The zero-order chi connectivity index (χ0) is 15.7. The van der Waals surface area contributed by atoms with E-state index in [0.29, 0.717) is 17.4 Å². The van der Waals surface area contributed by atoms with Gasteiger partial charge in [0.05, 0.1) is 18.7 Å². The quantitative estimate of drug-likeness (QED) is 0.486. The number of esters is 1. The minimum Gasteiger partial charge on any atom is -0.466 e. The number of para-hydroxylation sites is 1. The summed E-state index contributed by atoms with van der Waals surface area (Å²) in [6.07, 6.45) is 0.0665. The molecule has 6 nitrogen and oxygen atoms in total. The zero-order valence-electron chi connectivity index (χ0n) is 12.1. The summed E-state index contributed by atoms with van der Waals surface area (Å²) in [6.45, 7) is 2.03. The van der Waals surface area contributed by atoms with Crippen molar-refractivity contribution in [3.8, 4) is 0 Å². The number of amides is 1. The number of thiocarbonyl (C=S) groups is 1. The maximum absolute atomic E-state index is 12.3. The first-order chi connectivity index (χ1) is 10.1. The Morgan fingerprint density at radius 3 is 2.48 bits per heavy atom. The van der Waals surface area contributed by atoms with Gasteiger partial charge in [0.1, 0.15) is 0 Å². The Bertz CT molecular complexity index is 493. The third-order valence-corrected chi connectivity index (χ3v) is 2.85. The van der Waals surface area contributed by atoms with Gasteiger partial charge in [-0.25, -0.2) is 5.01 Å². The molecule has 1 amide bonds. The standard InChI is InChI=1S/C14H19N3O3S/c1-3-20-13(19)10-9-12(18)17(16-14(21)15-2)11-7-5-4-6-8-11/h4-8H,3,9-10H2,1-2H3,(H2,15,16,21). The molecular formula is C14H19N3O3S. The van der Waals surface area contributed by atoms with Crippen molar-refractivity contribution in [3.05, 3.63) is 30.3 Å². The lowest BCUT2D eigenvalue weighted by molar-refractivity contribution is -0.144. The number of nitrogens with one attached hydrogen (secondary N) is 2. The maximum Gasteiger partial charge on any atom is 0.306 e. The fourth-order valence-electron chi connectivity index (χ4n) is 1.56. The predicted octanol–water partition coefficient (Wildman–Crippen LogP) is 1.37. The first kappa shape index (κ1) is 16.9. The second-order valence-corrected chi connectivity index (χ2v) is 4.47. The van der Waals surface area contributed by atoms with Crippen LogP contribution in [-0.2, 0) is 14.3 Å². The van der Waals surface area contributed by atoms with Crippen LogP contribution in [0.4, 0.5) is 5.69 Å². The topological polar surface area (TPSA) is 70.7 Å². The van der Waals surface area contributed by atoms with Crippen molar-refractivity contribution in [1.82, 2.24) is 10.7 Å². The van der Waals surface area contributed by atoms with Crippen LogP contribution in [0, 0.1) is 0 Å². The Morgan fingerprint density at radius 2 is 1.90 bits per heavy atom. The molecule has 1 aromatic rings. The molecule has 21 heavy (non-hydrogen) atoms. The van der Waals surface area contributed by atoms with Crippen molar-refractivity contribution in [1.29, 1.82) is 0 Å². The first-order valence-corrected chi connectivity index (χ1v) is 7.01. The van der Waals surface area contributed by atoms with E-state index in [1.807, 2.05) is 18.2 Å². The van der Waals surface area contributed by atoms with Crippen LogP contribution in [0.5, 0.6) is 0 Å². The fourth-order valence-corrected chi connectivity index (χ4v) is 1.65. The van der Waals surface area contributed by atoms with E-state index in [9.17, 15) is 9.59 Å². The van der Waals surface area contributed by atoms with Gasteiger partial charge in [-0.1, -0.05) is 18.2 Å². The zero-order valence-corrected chi connectivity index (χ0v) is 12.9. The Kier molecular flexibility index (Phi) is 7.17. The average molecular weight is 309 g/mol. The lowest BCUT2D eigenvalue weighted by atomic mass is 10.2. The van der Waals surface area contributed by atoms with E-state index in [1.165, 1.54) is 5.01 Å². The number of carbonyl (C=O) groups is 2. The molecule has 7 heteroatoms. The highest BCUT2D eigenvalue weighted by molar-refractivity contribution is 7.80. The monoisotopic (exact) mass is 309 g/mol. The number of hydrogen-bond donors (Lipinski definition) is 2. The minimum atomic E-state index is -0.393. The SMILES string of the molecule is CCOC(=O)CCC(=O)N(NC(=S)NC)c1ccccc1. The van der Waals surface area contributed by atoms with Crippen molar-refractivity contribution in [3.63, 3.8) is 0 Å². The molecule has 0 saturated carbocycles. The number of hydrazine groups is 1. The number of nitrogens with zero attached hydrogens (tertiary/aromatic N) is 1. The van der Waals surface area contributed by atoms with E-state index in [4.69, 9.17) is 17.0 Å². The summed E-state index contributed by atoms with van der Waals surface area (Å²) < 4.78 is 4.81.